The lowest BCUT2D eigenvalue weighted by Crippen LogP contribution is -2.58. The summed E-state index contributed by atoms with van der Waals surface area (Å²) in [4.78, 5) is 2.55. The molecule has 0 spiro atoms. The van der Waals surface area contributed by atoms with Crippen LogP contribution in [0.2, 0.25) is 0 Å². The number of rotatable bonds is 2. The van der Waals surface area contributed by atoms with Crippen LogP contribution in [0, 0.1) is 0 Å². The summed E-state index contributed by atoms with van der Waals surface area (Å²) < 4.78 is 0. The van der Waals surface area contributed by atoms with Crippen LogP contribution in [-0.4, -0.2) is 23.0 Å². The van der Waals surface area contributed by atoms with Crippen molar-refractivity contribution in [3.8, 4) is 0 Å². The van der Waals surface area contributed by atoms with Gasteiger partial charge in [-0.2, -0.15) is 0 Å². The zero-order chi connectivity index (χ0) is 17.4. The third kappa shape index (κ3) is 3.42. The summed E-state index contributed by atoms with van der Waals surface area (Å²) in [5.41, 5.74) is 3.35. The highest BCUT2D eigenvalue weighted by molar-refractivity contribution is 5.36. The van der Waals surface area contributed by atoms with Gasteiger partial charge in [0.1, 0.15) is 0 Å². The van der Waals surface area contributed by atoms with Gasteiger partial charge in [0.15, 0.2) is 0 Å². The maximum absolute atomic E-state index is 2.55. The van der Waals surface area contributed by atoms with Gasteiger partial charge in [0.2, 0.25) is 0 Å². The van der Waals surface area contributed by atoms with Gasteiger partial charge in [0.05, 0.1) is 0 Å². The number of benzene rings is 1. The minimum atomic E-state index is 0.240. The molecule has 1 saturated heterocycles. The second-order valence-corrected chi connectivity index (χ2v) is 8.64. The Balaban J connectivity index is 1.81. The minimum Gasteiger partial charge on any atom is -0.296 e. The molecule has 24 heavy (non-hydrogen) atoms. The molecule has 0 N–H and O–H groups in total. The summed E-state index contributed by atoms with van der Waals surface area (Å²) >= 11 is 0. The van der Waals surface area contributed by atoms with Gasteiger partial charge in [0, 0.05) is 17.0 Å². The van der Waals surface area contributed by atoms with Crippen LogP contribution in [0.15, 0.2) is 60.7 Å². The molecule has 3 rings (SSSR count). The van der Waals surface area contributed by atoms with Crippen LogP contribution < -0.4 is 0 Å². The van der Waals surface area contributed by atoms with Crippen molar-refractivity contribution in [3.05, 3.63) is 71.8 Å². The lowest BCUT2D eigenvalue weighted by atomic mass is 9.71. The highest BCUT2D eigenvalue weighted by atomic mass is 15.2. The number of piperidine rings is 1. The quantitative estimate of drug-likeness (QED) is 0.663. The fourth-order valence-corrected chi connectivity index (χ4v) is 4.38. The molecular formula is C23H31N. The number of nitrogens with zero attached hydrogens (tertiary/aromatic N) is 1. The molecule has 1 aromatic carbocycles. The highest BCUT2D eigenvalue weighted by Gasteiger charge is 2.43. The van der Waals surface area contributed by atoms with Crippen molar-refractivity contribution in [2.24, 2.45) is 0 Å². The SMILES string of the molecule is CN1C(C)(C)CC(c2ccc(C3C=CC=CC=C3)cc2)CC1(C)C. The van der Waals surface area contributed by atoms with Crippen LogP contribution >= 0.6 is 0 Å². The maximum atomic E-state index is 2.55. The predicted molar refractivity (Wildman–Crippen MR) is 104 cm³/mol. The first-order valence-corrected chi connectivity index (χ1v) is 9.15. The van der Waals surface area contributed by atoms with Gasteiger partial charge in [-0.15, -0.1) is 0 Å². The molecular weight excluding hydrogens is 290 g/mol. The Morgan fingerprint density at radius 1 is 0.750 bits per heavy atom. The number of hydrogen-bond acceptors (Lipinski definition) is 1. The maximum Gasteiger partial charge on any atom is 0.0204 e. The van der Waals surface area contributed by atoms with Crippen molar-refractivity contribution in [2.75, 3.05) is 7.05 Å². The predicted octanol–water partition coefficient (Wildman–Crippen LogP) is 5.82. The molecule has 0 unspecified atom stereocenters. The Hall–Kier alpha value is -1.60. The van der Waals surface area contributed by atoms with Gasteiger partial charge >= 0.3 is 0 Å². The minimum absolute atomic E-state index is 0.240. The third-order valence-corrected chi connectivity index (χ3v) is 6.07. The van der Waals surface area contributed by atoms with Crippen molar-refractivity contribution < 1.29 is 0 Å². The van der Waals surface area contributed by atoms with E-state index in [1.54, 1.807) is 0 Å². The Morgan fingerprint density at radius 3 is 1.71 bits per heavy atom. The molecule has 0 aromatic heterocycles. The standard InChI is InChI=1S/C23H31N/c1-22(2)16-21(17-23(3,4)24(22)5)20-14-12-19(13-15-20)18-10-8-6-7-9-11-18/h6-15,18,21H,16-17H2,1-5H3. The molecule has 1 nitrogen and oxygen atoms in total. The van der Waals surface area contributed by atoms with E-state index < -0.39 is 0 Å². The van der Waals surface area contributed by atoms with Gasteiger partial charge in [0.25, 0.3) is 0 Å². The molecule has 1 heteroatoms. The van der Waals surface area contributed by atoms with Crippen LogP contribution in [0.3, 0.4) is 0 Å². The molecule has 0 amide bonds. The first-order chi connectivity index (χ1) is 11.3. The van der Waals surface area contributed by atoms with Crippen molar-refractivity contribution in [1.29, 1.82) is 0 Å². The largest absolute Gasteiger partial charge is 0.296 e. The van der Waals surface area contributed by atoms with Crippen molar-refractivity contribution in [1.82, 2.24) is 4.90 Å². The smallest absolute Gasteiger partial charge is 0.0204 e. The van der Waals surface area contributed by atoms with Crippen LogP contribution in [0.4, 0.5) is 0 Å². The van der Waals surface area contributed by atoms with Crippen LogP contribution in [0.5, 0.6) is 0 Å². The summed E-state index contributed by atoms with van der Waals surface area (Å²) in [6.45, 7) is 9.51. The third-order valence-electron chi connectivity index (χ3n) is 6.07. The molecule has 0 radical (unpaired) electrons. The summed E-state index contributed by atoms with van der Waals surface area (Å²) in [6.07, 6.45) is 15.4. The second-order valence-electron chi connectivity index (χ2n) is 8.64. The van der Waals surface area contributed by atoms with E-state index in [0.29, 0.717) is 11.8 Å². The Morgan fingerprint density at radius 2 is 1.21 bits per heavy atom. The molecule has 0 bridgehead atoms. The van der Waals surface area contributed by atoms with E-state index in [-0.39, 0.29) is 11.1 Å². The summed E-state index contributed by atoms with van der Waals surface area (Å²) in [5.74, 6) is 1.03. The van der Waals surface area contributed by atoms with Crippen LogP contribution in [0.1, 0.15) is 63.5 Å². The number of hydrogen-bond donors (Lipinski definition) is 0. The molecule has 1 heterocycles. The van der Waals surface area contributed by atoms with E-state index in [0.717, 1.165) is 0 Å². The zero-order valence-electron chi connectivity index (χ0n) is 15.8. The van der Waals surface area contributed by atoms with Gasteiger partial charge in [-0.25, -0.2) is 0 Å². The van der Waals surface area contributed by atoms with E-state index in [1.165, 1.54) is 24.0 Å². The van der Waals surface area contributed by atoms with E-state index in [4.69, 9.17) is 0 Å². The van der Waals surface area contributed by atoms with Gasteiger partial charge < -0.3 is 0 Å². The first-order valence-electron chi connectivity index (χ1n) is 9.15. The van der Waals surface area contributed by atoms with Gasteiger partial charge in [-0.05, 0) is 64.6 Å². The Bertz CT molecular complexity index is 624. The summed E-state index contributed by atoms with van der Waals surface area (Å²) in [7, 11) is 2.28. The lowest BCUT2D eigenvalue weighted by Gasteiger charge is -2.54. The Kier molecular flexibility index (Phi) is 4.57. The molecule has 0 atom stereocenters. The van der Waals surface area contributed by atoms with Crippen molar-refractivity contribution >= 4 is 0 Å². The highest BCUT2D eigenvalue weighted by Crippen LogP contribution is 2.44. The van der Waals surface area contributed by atoms with E-state index in [1.807, 2.05) is 0 Å². The monoisotopic (exact) mass is 321 g/mol. The molecule has 128 valence electrons. The molecule has 2 aliphatic rings. The molecule has 1 aromatic rings. The fourth-order valence-electron chi connectivity index (χ4n) is 4.38. The van der Waals surface area contributed by atoms with Crippen LogP contribution in [-0.2, 0) is 0 Å². The number of likely N-dealkylation sites (tertiary alicyclic amines) is 1. The average Bonchev–Trinajstić information content (AvgIpc) is 2.81. The van der Waals surface area contributed by atoms with Gasteiger partial charge in [-0.1, -0.05) is 60.7 Å². The molecule has 1 aliphatic carbocycles. The van der Waals surface area contributed by atoms with Crippen molar-refractivity contribution in [2.45, 2.75) is 63.5 Å². The number of allylic oxidation sites excluding steroid dienone is 6. The Labute approximate surface area is 147 Å². The normalized spacial score (nSPS) is 24.2. The zero-order valence-corrected chi connectivity index (χ0v) is 15.8. The van der Waals surface area contributed by atoms with Crippen LogP contribution in [0.25, 0.3) is 0 Å². The van der Waals surface area contributed by atoms with E-state index >= 15 is 0 Å². The van der Waals surface area contributed by atoms with E-state index in [2.05, 4.69) is 100 Å². The molecule has 1 fully saturated rings. The second kappa shape index (κ2) is 6.37. The topological polar surface area (TPSA) is 3.24 Å². The molecule has 0 saturated carbocycles. The fraction of sp³-hybridized carbons (Fsp3) is 0.478. The van der Waals surface area contributed by atoms with E-state index in [9.17, 15) is 0 Å². The first kappa shape index (κ1) is 17.2. The average molecular weight is 322 g/mol. The lowest BCUT2D eigenvalue weighted by molar-refractivity contribution is -0.0128. The van der Waals surface area contributed by atoms with Crippen molar-refractivity contribution in [3.63, 3.8) is 0 Å². The molecule has 1 aliphatic heterocycles. The van der Waals surface area contributed by atoms with Gasteiger partial charge in [-0.3, -0.25) is 4.90 Å². The summed E-state index contributed by atoms with van der Waals surface area (Å²) in [6, 6.07) is 9.35. The summed E-state index contributed by atoms with van der Waals surface area (Å²) in [5, 5.41) is 0.